The van der Waals surface area contributed by atoms with E-state index in [2.05, 4.69) is 22.2 Å². The first-order valence-corrected chi connectivity index (χ1v) is 7.05. The summed E-state index contributed by atoms with van der Waals surface area (Å²) in [6, 6.07) is 1.59. The zero-order valence-electron chi connectivity index (χ0n) is 11.3. The van der Waals surface area contributed by atoms with E-state index in [9.17, 15) is 4.79 Å². The predicted molar refractivity (Wildman–Crippen MR) is 75.5 cm³/mol. The normalized spacial score (nSPS) is 18.7. The van der Waals surface area contributed by atoms with Gasteiger partial charge in [0.05, 0.1) is 0 Å². The summed E-state index contributed by atoms with van der Waals surface area (Å²) < 4.78 is 0. The number of nitrogens with zero attached hydrogens (tertiary/aromatic N) is 3. The molecular weight excluding hydrogens is 264 g/mol. The van der Waals surface area contributed by atoms with Crippen LogP contribution in [0, 0.1) is 0 Å². The minimum atomic E-state index is -0.148. The Morgan fingerprint density at radius 3 is 3.05 bits per heavy atom. The number of carbonyl (C=O) groups is 1. The van der Waals surface area contributed by atoms with Gasteiger partial charge in [0, 0.05) is 26.1 Å². The fraction of sp³-hybridized carbons (Fsp3) is 0.615. The molecule has 0 spiro atoms. The molecule has 1 unspecified atom stereocenters. The molecular formula is C13H19ClN4O. The first kappa shape index (κ1) is 14.1. The van der Waals surface area contributed by atoms with Crippen LogP contribution in [-0.2, 0) is 11.2 Å². The van der Waals surface area contributed by atoms with Gasteiger partial charge in [-0.2, -0.15) is 0 Å². The Labute approximate surface area is 118 Å². The number of aromatic nitrogens is 2. The van der Waals surface area contributed by atoms with E-state index < -0.39 is 0 Å². The van der Waals surface area contributed by atoms with Gasteiger partial charge >= 0.3 is 0 Å². The molecule has 0 bridgehead atoms. The summed E-state index contributed by atoms with van der Waals surface area (Å²) in [6.45, 7) is 2.91. The van der Waals surface area contributed by atoms with Crippen molar-refractivity contribution in [2.24, 2.45) is 0 Å². The molecule has 1 aliphatic heterocycles. The number of carbonyl (C=O) groups excluding carboxylic acids is 1. The van der Waals surface area contributed by atoms with Crippen molar-refractivity contribution >= 4 is 23.3 Å². The number of aryl methyl sites for hydroxylation is 1. The van der Waals surface area contributed by atoms with Crippen LogP contribution in [0.2, 0.25) is 5.15 Å². The summed E-state index contributed by atoms with van der Waals surface area (Å²) in [4.78, 5) is 22.6. The van der Waals surface area contributed by atoms with Gasteiger partial charge in [-0.15, -0.1) is 0 Å². The molecule has 1 N–H and O–H groups in total. The molecule has 19 heavy (non-hydrogen) atoms. The van der Waals surface area contributed by atoms with Gasteiger partial charge in [0.15, 0.2) is 0 Å². The van der Waals surface area contributed by atoms with Gasteiger partial charge in [0.25, 0.3) is 0 Å². The van der Waals surface area contributed by atoms with Crippen LogP contribution in [0.4, 0.5) is 5.82 Å². The smallest absolute Gasteiger partial charge is 0.242 e. The van der Waals surface area contributed by atoms with Gasteiger partial charge in [-0.25, -0.2) is 9.97 Å². The molecule has 1 amide bonds. The molecule has 0 radical (unpaired) electrons. The van der Waals surface area contributed by atoms with E-state index in [4.69, 9.17) is 11.6 Å². The number of hydrogen-bond donors (Lipinski definition) is 1. The first-order valence-electron chi connectivity index (χ1n) is 6.67. The van der Waals surface area contributed by atoms with E-state index in [1.54, 1.807) is 13.1 Å². The Morgan fingerprint density at radius 1 is 1.58 bits per heavy atom. The van der Waals surface area contributed by atoms with Crippen molar-refractivity contribution < 1.29 is 4.79 Å². The van der Waals surface area contributed by atoms with Gasteiger partial charge < -0.3 is 10.2 Å². The SMILES string of the molecule is CCCc1nc(Cl)cc(N2CCCC2C(=O)NC)n1. The Balaban J connectivity index is 2.27. The zero-order chi connectivity index (χ0) is 13.8. The average Bonchev–Trinajstić information content (AvgIpc) is 2.86. The van der Waals surface area contributed by atoms with Crippen LogP contribution in [0.1, 0.15) is 32.0 Å². The van der Waals surface area contributed by atoms with Crippen LogP contribution in [0.25, 0.3) is 0 Å². The minimum absolute atomic E-state index is 0.0317. The molecule has 0 aromatic carbocycles. The van der Waals surface area contributed by atoms with E-state index in [1.807, 2.05) is 4.90 Å². The maximum Gasteiger partial charge on any atom is 0.242 e. The number of rotatable bonds is 4. The highest BCUT2D eigenvalue weighted by Gasteiger charge is 2.31. The highest BCUT2D eigenvalue weighted by Crippen LogP contribution is 2.25. The molecule has 0 saturated carbocycles. The second-order valence-electron chi connectivity index (χ2n) is 4.68. The fourth-order valence-corrected chi connectivity index (χ4v) is 2.61. The van der Waals surface area contributed by atoms with Crippen LogP contribution in [0.15, 0.2) is 6.07 Å². The van der Waals surface area contributed by atoms with Crippen molar-refractivity contribution in [2.45, 2.75) is 38.6 Å². The number of anilines is 1. The van der Waals surface area contributed by atoms with Crippen molar-refractivity contribution in [3.63, 3.8) is 0 Å². The van der Waals surface area contributed by atoms with E-state index in [0.717, 1.165) is 43.9 Å². The average molecular weight is 283 g/mol. The standard InChI is InChI=1S/C13H19ClN4O/c1-3-5-11-16-10(14)8-12(17-11)18-7-4-6-9(18)13(19)15-2/h8-9H,3-7H2,1-2H3,(H,15,19). The Morgan fingerprint density at radius 2 is 2.37 bits per heavy atom. The molecule has 2 rings (SSSR count). The molecule has 6 heteroatoms. The third-order valence-electron chi connectivity index (χ3n) is 3.30. The molecule has 1 aromatic heterocycles. The van der Waals surface area contributed by atoms with Crippen LogP contribution >= 0.6 is 11.6 Å². The third kappa shape index (κ3) is 3.15. The molecule has 1 fully saturated rings. The van der Waals surface area contributed by atoms with Crippen molar-refractivity contribution in [2.75, 3.05) is 18.5 Å². The summed E-state index contributed by atoms with van der Waals surface area (Å²) in [6.07, 6.45) is 3.61. The highest BCUT2D eigenvalue weighted by atomic mass is 35.5. The van der Waals surface area contributed by atoms with Gasteiger partial charge in [-0.1, -0.05) is 18.5 Å². The summed E-state index contributed by atoms with van der Waals surface area (Å²) in [5, 5.41) is 3.14. The number of amides is 1. The van der Waals surface area contributed by atoms with Crippen LogP contribution in [-0.4, -0.2) is 35.5 Å². The summed E-state index contributed by atoms with van der Waals surface area (Å²) in [5.74, 6) is 1.53. The van der Waals surface area contributed by atoms with Gasteiger partial charge in [0.2, 0.25) is 5.91 Å². The second kappa shape index (κ2) is 6.19. The quantitative estimate of drug-likeness (QED) is 0.856. The third-order valence-corrected chi connectivity index (χ3v) is 3.49. The first-order chi connectivity index (χ1) is 9.15. The lowest BCUT2D eigenvalue weighted by molar-refractivity contribution is -0.121. The summed E-state index contributed by atoms with van der Waals surface area (Å²) >= 11 is 6.05. The highest BCUT2D eigenvalue weighted by molar-refractivity contribution is 6.29. The van der Waals surface area contributed by atoms with E-state index >= 15 is 0 Å². The molecule has 1 atom stereocenters. The van der Waals surface area contributed by atoms with Crippen LogP contribution < -0.4 is 10.2 Å². The van der Waals surface area contributed by atoms with Crippen LogP contribution in [0.3, 0.4) is 0 Å². The molecule has 104 valence electrons. The van der Waals surface area contributed by atoms with Gasteiger partial charge in [-0.05, 0) is 19.3 Å². The molecule has 5 nitrogen and oxygen atoms in total. The zero-order valence-corrected chi connectivity index (χ0v) is 12.1. The number of nitrogens with one attached hydrogen (secondary N) is 1. The van der Waals surface area contributed by atoms with Gasteiger partial charge in [0.1, 0.15) is 22.8 Å². The van der Waals surface area contributed by atoms with E-state index in [-0.39, 0.29) is 11.9 Å². The number of halogens is 1. The minimum Gasteiger partial charge on any atom is -0.357 e. The van der Waals surface area contributed by atoms with E-state index in [1.165, 1.54) is 0 Å². The Bertz CT molecular complexity index is 466. The summed E-state index contributed by atoms with van der Waals surface area (Å²) in [7, 11) is 1.66. The lowest BCUT2D eigenvalue weighted by Crippen LogP contribution is -2.42. The fourth-order valence-electron chi connectivity index (χ4n) is 2.41. The number of likely N-dealkylation sites (N-methyl/N-ethyl adjacent to an activating group) is 1. The van der Waals surface area contributed by atoms with E-state index in [0.29, 0.717) is 5.15 Å². The van der Waals surface area contributed by atoms with Crippen molar-refractivity contribution in [1.82, 2.24) is 15.3 Å². The Kier molecular flexibility index (Phi) is 4.58. The topological polar surface area (TPSA) is 58.1 Å². The lowest BCUT2D eigenvalue weighted by Gasteiger charge is -2.24. The summed E-state index contributed by atoms with van der Waals surface area (Å²) in [5.41, 5.74) is 0. The lowest BCUT2D eigenvalue weighted by atomic mass is 10.2. The molecule has 1 aliphatic rings. The molecule has 0 aliphatic carbocycles. The maximum atomic E-state index is 11.9. The monoisotopic (exact) mass is 282 g/mol. The maximum absolute atomic E-state index is 11.9. The molecule has 2 heterocycles. The number of hydrogen-bond acceptors (Lipinski definition) is 4. The van der Waals surface area contributed by atoms with Crippen LogP contribution in [0.5, 0.6) is 0 Å². The largest absolute Gasteiger partial charge is 0.357 e. The second-order valence-corrected chi connectivity index (χ2v) is 5.07. The van der Waals surface area contributed by atoms with Gasteiger partial charge in [-0.3, -0.25) is 4.79 Å². The molecule has 1 saturated heterocycles. The predicted octanol–water partition coefficient (Wildman–Crippen LogP) is 1.80. The van der Waals surface area contributed by atoms with Crippen molar-refractivity contribution in [3.8, 4) is 0 Å². The van der Waals surface area contributed by atoms with Crippen molar-refractivity contribution in [3.05, 3.63) is 17.0 Å². The van der Waals surface area contributed by atoms with Crippen molar-refractivity contribution in [1.29, 1.82) is 0 Å². The Hall–Kier alpha value is -1.36. The molecule has 1 aromatic rings.